The molecule has 0 bridgehead atoms. The minimum Gasteiger partial charge on any atom is -0.493 e. The third-order valence-electron chi connectivity index (χ3n) is 19.3. The first kappa shape index (κ1) is 99.0. The van der Waals surface area contributed by atoms with Crippen molar-refractivity contribution in [3.63, 3.8) is 0 Å². The quantitative estimate of drug-likeness (QED) is 0.0160. The van der Waals surface area contributed by atoms with Crippen molar-refractivity contribution in [3.8, 4) is 80.5 Å². The molecule has 0 amide bonds. The van der Waals surface area contributed by atoms with E-state index in [0.717, 1.165) is 72.8 Å². The molecule has 0 radical (unpaired) electrons. The molecule has 0 aliphatic carbocycles. The van der Waals surface area contributed by atoms with Crippen molar-refractivity contribution < 1.29 is 85.5 Å². The van der Waals surface area contributed by atoms with Crippen LogP contribution in [0.5, 0.6) is 80.5 Å². The van der Waals surface area contributed by atoms with E-state index in [4.69, 9.17) is 89.5 Å². The molecule has 4 N–H and O–H groups in total. The van der Waals surface area contributed by atoms with Crippen molar-refractivity contribution >= 4 is 118 Å². The number of carbonyl (C=O) groups excluding carboxylic acids is 4. The van der Waals surface area contributed by atoms with E-state index in [-0.39, 0.29) is 23.1 Å². The summed E-state index contributed by atoms with van der Waals surface area (Å²) in [5.74, 6) is 7.62. The predicted molar refractivity (Wildman–Crippen MR) is 528 cm³/mol. The number of allylic oxidation sites excluding steroid dienone is 4. The normalized spacial score (nSPS) is 11.0. The lowest BCUT2D eigenvalue weighted by atomic mass is 10.1. The third-order valence-corrected chi connectivity index (χ3v) is 19.8. The number of anilines is 4. The zero-order valence-electron chi connectivity index (χ0n) is 75.4. The highest BCUT2D eigenvalue weighted by molar-refractivity contribution is 6.31. The molecule has 0 fully saturated rings. The van der Waals surface area contributed by atoms with E-state index in [1.165, 1.54) is 31.4 Å². The van der Waals surface area contributed by atoms with Gasteiger partial charge >= 0.3 is 0 Å². The molecule has 0 spiro atoms. The monoisotopic (exact) mass is 1800 g/mol. The predicted octanol–water partition coefficient (Wildman–Crippen LogP) is 24.4. The van der Waals surface area contributed by atoms with Gasteiger partial charge in [0.25, 0.3) is 0 Å². The van der Waals surface area contributed by atoms with E-state index in [1.54, 1.807) is 184 Å². The number of halogens is 2. The molecule has 674 valence electrons. The Hall–Kier alpha value is -15.8. The van der Waals surface area contributed by atoms with Crippen LogP contribution in [0.2, 0.25) is 10.0 Å². The topological polar surface area (TPSA) is 246 Å². The SMILES string of the molecule is COc1cc(/C=C\c2cccc(N/C=C\C(=O)c3ccc(C)cc3)c2)cc(OC)c1OC.COc1cc(/C=C\c2cccc(N/C=C\C(=O)c3ccc(Cl)cc3)c2)cc(OC)c1OC.COc1cc(/C=C\c2cccc(N/C=C\C(=O)c3cccc(Cl)c3)c2)cc(OC)c1OC.COc1ccc(C(=O)/C=C\Nc2cccc(/C=C\c3cc(OC)c(OC)c(OC)c3)c2)cc1OC. The van der Waals surface area contributed by atoms with E-state index in [2.05, 4.69) is 21.3 Å². The Bertz CT molecular complexity index is 5850. The molecule has 12 aromatic rings. The molecule has 0 saturated carbocycles. The molecule has 0 aromatic heterocycles. The van der Waals surface area contributed by atoms with Crippen LogP contribution in [0.25, 0.3) is 48.6 Å². The summed E-state index contributed by atoms with van der Waals surface area (Å²) in [6, 6.07) is 72.6. The van der Waals surface area contributed by atoms with Gasteiger partial charge in [-0.15, -0.1) is 0 Å². The smallest absolute Gasteiger partial charge is 0.203 e. The number of carbonyl (C=O) groups is 4. The number of hydrogen-bond donors (Lipinski definition) is 4. The van der Waals surface area contributed by atoms with Crippen molar-refractivity contribution in [2.45, 2.75) is 6.92 Å². The lowest BCUT2D eigenvalue weighted by Gasteiger charge is -2.12. The Balaban J connectivity index is 0.000000197. The average molecular weight is 1800 g/mol. The Morgan fingerprint density at radius 2 is 0.466 bits per heavy atom. The molecule has 12 rings (SSSR count). The highest BCUT2D eigenvalue weighted by atomic mass is 35.5. The zero-order chi connectivity index (χ0) is 94.0. The molecule has 0 saturated heterocycles. The van der Waals surface area contributed by atoms with Crippen LogP contribution in [0.1, 0.15) is 91.5 Å². The Morgan fingerprint density at radius 1 is 0.221 bits per heavy atom. The van der Waals surface area contributed by atoms with E-state index >= 15 is 0 Å². The molecular formula is C107H104Cl2N4O18. The summed E-state index contributed by atoms with van der Waals surface area (Å²) in [6.45, 7) is 1.99. The number of methoxy groups -OCH3 is 14. The van der Waals surface area contributed by atoms with Gasteiger partial charge in [0.1, 0.15) is 0 Å². The number of ketones is 4. The summed E-state index contributed by atoms with van der Waals surface area (Å²) in [7, 11) is 22.1. The first-order valence-electron chi connectivity index (χ1n) is 40.7. The summed E-state index contributed by atoms with van der Waals surface area (Å²) in [6.07, 6.45) is 28.3. The van der Waals surface area contributed by atoms with Crippen LogP contribution >= 0.6 is 23.2 Å². The number of nitrogens with one attached hydrogen (secondary N) is 4. The molecule has 0 aliphatic rings. The van der Waals surface area contributed by atoms with Crippen LogP contribution < -0.4 is 87.6 Å². The zero-order valence-corrected chi connectivity index (χ0v) is 76.9. The molecule has 24 heteroatoms. The van der Waals surface area contributed by atoms with E-state index in [0.29, 0.717) is 113 Å². The second kappa shape index (κ2) is 51.7. The summed E-state index contributed by atoms with van der Waals surface area (Å²) < 4.78 is 75.2. The van der Waals surface area contributed by atoms with Gasteiger partial charge in [0.05, 0.1) is 99.5 Å². The van der Waals surface area contributed by atoms with Gasteiger partial charge in [0.2, 0.25) is 23.0 Å². The molecule has 0 aliphatic heterocycles. The fraction of sp³-hybridized carbons (Fsp3) is 0.140. The fourth-order valence-electron chi connectivity index (χ4n) is 12.7. The first-order valence-corrected chi connectivity index (χ1v) is 41.4. The van der Waals surface area contributed by atoms with Gasteiger partial charge in [-0.05, 0) is 203 Å². The van der Waals surface area contributed by atoms with Crippen molar-refractivity contribution in [2.75, 3.05) is 121 Å². The average Bonchev–Trinajstić information content (AvgIpc) is 0.832. The van der Waals surface area contributed by atoms with E-state index in [9.17, 15) is 19.2 Å². The van der Waals surface area contributed by atoms with Gasteiger partial charge in [-0.3, -0.25) is 19.2 Å². The lowest BCUT2D eigenvalue weighted by molar-refractivity contribution is 0.103. The molecular weight excluding hydrogens is 1700 g/mol. The number of benzene rings is 12. The number of ether oxygens (including phenoxy) is 14. The van der Waals surface area contributed by atoms with Crippen LogP contribution in [0.4, 0.5) is 22.7 Å². The lowest BCUT2D eigenvalue weighted by Crippen LogP contribution is -1.98. The standard InChI is InChI=1S/C28H29NO6.C27H27NO4.2C26H24ClNO4/c1-31-24-12-11-21(18-25(24)32-2)23(30)13-14-29-22-8-6-7-19(15-22)9-10-20-16-26(33-3)28(35-5)27(17-20)34-4;1-19-8-12-22(13-9-19)24(29)14-15-28-23-7-5-6-20(16-23)10-11-21-17-25(30-2)27(32-4)26(18-21)31-3;1-30-24-15-19(16-25(31-2)26(24)32-3)11-10-18-6-4-9-22(14-18)28-13-12-23(29)20-7-5-8-21(27)17-20;1-30-24-16-19(17-25(31-2)26(24)32-3)8-7-18-5-4-6-22(15-18)28-14-13-23(29)20-9-11-21(27)12-10-20/h6-18,29H,1-5H3;5-18,28H,1-4H3;2*4-17,28H,1-3H3/b10-9-,14-13-;11-10-,15-14-;11-10-,13-12-;8-7-,14-13-. The van der Waals surface area contributed by atoms with Gasteiger partial charge in [0.15, 0.2) is 80.6 Å². The van der Waals surface area contributed by atoms with Crippen LogP contribution in [0.15, 0.2) is 286 Å². The van der Waals surface area contributed by atoms with Gasteiger partial charge in [0, 0.05) is 104 Å². The largest absolute Gasteiger partial charge is 0.493 e. The van der Waals surface area contributed by atoms with E-state index < -0.39 is 0 Å². The maximum atomic E-state index is 12.5. The number of hydrogen-bond acceptors (Lipinski definition) is 22. The van der Waals surface area contributed by atoms with Gasteiger partial charge in [-0.1, -0.05) is 162 Å². The van der Waals surface area contributed by atoms with Gasteiger partial charge in [-0.2, -0.15) is 0 Å². The summed E-state index contributed by atoms with van der Waals surface area (Å²) in [5, 5.41) is 13.7. The minimum atomic E-state index is -0.156. The molecule has 131 heavy (non-hydrogen) atoms. The first-order chi connectivity index (χ1) is 63.6. The van der Waals surface area contributed by atoms with Gasteiger partial charge in [-0.25, -0.2) is 0 Å². The highest BCUT2D eigenvalue weighted by Crippen LogP contribution is 2.43. The molecule has 0 heterocycles. The minimum absolute atomic E-state index is 0.0454. The third kappa shape index (κ3) is 29.9. The fourth-order valence-corrected chi connectivity index (χ4v) is 13.0. The number of aryl methyl sites for hydroxylation is 1. The molecule has 22 nitrogen and oxygen atoms in total. The molecule has 0 unspecified atom stereocenters. The van der Waals surface area contributed by atoms with Crippen LogP contribution in [0.3, 0.4) is 0 Å². The number of rotatable bonds is 38. The van der Waals surface area contributed by atoms with Crippen molar-refractivity contribution in [1.82, 2.24) is 0 Å². The van der Waals surface area contributed by atoms with Crippen LogP contribution in [0, 0.1) is 6.92 Å². The Morgan fingerprint density at radius 3 is 0.733 bits per heavy atom. The van der Waals surface area contributed by atoms with Crippen LogP contribution in [-0.2, 0) is 0 Å². The second-order valence-electron chi connectivity index (χ2n) is 28.0. The van der Waals surface area contributed by atoms with Crippen molar-refractivity contribution in [3.05, 3.63) is 368 Å². The van der Waals surface area contributed by atoms with E-state index in [1.807, 2.05) is 225 Å². The van der Waals surface area contributed by atoms with Crippen molar-refractivity contribution in [1.29, 1.82) is 0 Å². The second-order valence-corrected chi connectivity index (χ2v) is 28.9. The van der Waals surface area contributed by atoms with Crippen molar-refractivity contribution in [2.24, 2.45) is 0 Å². The highest BCUT2D eigenvalue weighted by Gasteiger charge is 2.18. The Labute approximate surface area is 774 Å². The molecule has 12 aromatic carbocycles. The Kier molecular flexibility index (Phi) is 39.1. The maximum absolute atomic E-state index is 12.5. The summed E-state index contributed by atoms with van der Waals surface area (Å²) in [5.41, 5.74) is 14.4. The maximum Gasteiger partial charge on any atom is 0.203 e. The summed E-state index contributed by atoms with van der Waals surface area (Å²) in [4.78, 5) is 49.2. The van der Waals surface area contributed by atoms with Crippen LogP contribution in [-0.4, -0.2) is 123 Å². The summed E-state index contributed by atoms with van der Waals surface area (Å²) >= 11 is 11.8. The van der Waals surface area contributed by atoms with Gasteiger partial charge < -0.3 is 87.6 Å². The molecule has 0 atom stereocenters.